The van der Waals surface area contributed by atoms with E-state index in [1.165, 1.54) is 4.90 Å². The Morgan fingerprint density at radius 2 is 2.06 bits per heavy atom. The fourth-order valence-electron chi connectivity index (χ4n) is 2.40. The van der Waals surface area contributed by atoms with Crippen molar-refractivity contribution in [1.29, 1.82) is 0 Å². The van der Waals surface area contributed by atoms with Crippen molar-refractivity contribution in [3.63, 3.8) is 0 Å². The van der Waals surface area contributed by atoms with Crippen LogP contribution < -0.4 is 0 Å². The normalized spacial score (nSPS) is 26.5. The summed E-state index contributed by atoms with van der Waals surface area (Å²) in [7, 11) is 1.63. The summed E-state index contributed by atoms with van der Waals surface area (Å²) in [6, 6.07) is -0.00660. The second-order valence-corrected chi connectivity index (χ2v) is 5.25. The van der Waals surface area contributed by atoms with Gasteiger partial charge >= 0.3 is 6.18 Å². The molecule has 6 heteroatoms. The third-order valence-corrected chi connectivity index (χ3v) is 3.56. The average Bonchev–Trinajstić information content (AvgIpc) is 2.27. The molecule has 0 N–H and O–H groups in total. The summed E-state index contributed by atoms with van der Waals surface area (Å²) >= 11 is 3.22. The molecule has 1 aliphatic rings. The van der Waals surface area contributed by atoms with E-state index in [1.807, 2.05) is 0 Å². The van der Waals surface area contributed by atoms with E-state index in [9.17, 15) is 13.2 Å². The van der Waals surface area contributed by atoms with Crippen molar-refractivity contribution in [3.05, 3.63) is 0 Å². The van der Waals surface area contributed by atoms with Gasteiger partial charge in [-0.05, 0) is 25.7 Å². The van der Waals surface area contributed by atoms with Gasteiger partial charge in [-0.25, -0.2) is 0 Å². The smallest absolute Gasteiger partial charge is 0.381 e. The highest BCUT2D eigenvalue weighted by Crippen LogP contribution is 2.27. The molecule has 0 bridgehead atoms. The van der Waals surface area contributed by atoms with Gasteiger partial charge in [0.05, 0.1) is 12.6 Å². The van der Waals surface area contributed by atoms with Crippen LogP contribution in [0.3, 0.4) is 0 Å². The lowest BCUT2D eigenvalue weighted by molar-refractivity contribution is -0.153. The number of halogens is 4. The molecule has 0 aromatic rings. The molecule has 1 rings (SSSR count). The summed E-state index contributed by atoms with van der Waals surface area (Å²) in [4.78, 5) is 1.53. The van der Waals surface area contributed by atoms with Crippen LogP contribution in [0, 0.1) is 0 Å². The molecule has 1 fully saturated rings. The highest BCUT2D eigenvalue weighted by Gasteiger charge is 2.35. The van der Waals surface area contributed by atoms with Gasteiger partial charge in [0.2, 0.25) is 0 Å². The van der Waals surface area contributed by atoms with E-state index >= 15 is 0 Å². The monoisotopic (exact) mass is 317 g/mol. The van der Waals surface area contributed by atoms with Gasteiger partial charge in [0, 0.05) is 25.0 Å². The Kier molecular flexibility index (Phi) is 6.23. The van der Waals surface area contributed by atoms with Crippen LogP contribution in [0.2, 0.25) is 0 Å². The summed E-state index contributed by atoms with van der Waals surface area (Å²) in [5, 5.41) is 0.567. The van der Waals surface area contributed by atoms with Crippen LogP contribution in [0.4, 0.5) is 13.2 Å². The van der Waals surface area contributed by atoms with E-state index in [0.717, 1.165) is 19.3 Å². The van der Waals surface area contributed by atoms with Gasteiger partial charge in [0.1, 0.15) is 0 Å². The maximum absolute atomic E-state index is 12.5. The predicted octanol–water partition coefficient (Wildman–Crippen LogP) is 3.20. The van der Waals surface area contributed by atoms with Crippen LogP contribution in [0.1, 0.15) is 25.7 Å². The molecule has 0 aromatic heterocycles. The Morgan fingerprint density at radius 1 is 1.35 bits per heavy atom. The first kappa shape index (κ1) is 15.2. The van der Waals surface area contributed by atoms with Gasteiger partial charge in [0.15, 0.2) is 0 Å². The van der Waals surface area contributed by atoms with Crippen molar-refractivity contribution >= 4 is 15.9 Å². The molecule has 2 unspecified atom stereocenters. The molecule has 1 aliphatic carbocycles. The lowest BCUT2D eigenvalue weighted by atomic mass is 9.91. The highest BCUT2D eigenvalue weighted by molar-refractivity contribution is 9.09. The second kappa shape index (κ2) is 6.95. The number of nitrogens with zero attached hydrogens (tertiary/aromatic N) is 1. The zero-order chi connectivity index (χ0) is 12.9. The quantitative estimate of drug-likeness (QED) is 0.722. The zero-order valence-electron chi connectivity index (χ0n) is 9.97. The number of methoxy groups -OCH3 is 1. The minimum Gasteiger partial charge on any atom is -0.381 e. The van der Waals surface area contributed by atoms with Crippen molar-refractivity contribution in [3.8, 4) is 0 Å². The van der Waals surface area contributed by atoms with Crippen LogP contribution in [-0.4, -0.2) is 48.8 Å². The standard InChI is InChI=1S/C11H19BrF3NO/c1-17-10-4-2-3-9(7-10)16(6-5-12)8-11(13,14)15/h9-10H,2-8H2,1H3. The minimum atomic E-state index is -4.12. The topological polar surface area (TPSA) is 12.5 Å². The van der Waals surface area contributed by atoms with Crippen LogP contribution >= 0.6 is 15.9 Å². The van der Waals surface area contributed by atoms with E-state index in [2.05, 4.69) is 15.9 Å². The summed E-state index contributed by atoms with van der Waals surface area (Å²) < 4.78 is 42.7. The molecule has 0 amide bonds. The van der Waals surface area contributed by atoms with Gasteiger partial charge in [-0.3, -0.25) is 4.90 Å². The molecule has 0 heterocycles. The summed E-state index contributed by atoms with van der Waals surface area (Å²) in [5.74, 6) is 0. The molecule has 102 valence electrons. The van der Waals surface area contributed by atoms with E-state index < -0.39 is 12.7 Å². The Bertz CT molecular complexity index is 225. The fourth-order valence-corrected chi connectivity index (χ4v) is 2.85. The lowest BCUT2D eigenvalue weighted by Crippen LogP contribution is -2.46. The fraction of sp³-hybridized carbons (Fsp3) is 1.00. The van der Waals surface area contributed by atoms with Crippen LogP contribution in [-0.2, 0) is 4.74 Å². The predicted molar refractivity (Wildman–Crippen MR) is 64.5 cm³/mol. The zero-order valence-corrected chi connectivity index (χ0v) is 11.6. The van der Waals surface area contributed by atoms with Crippen molar-refractivity contribution in [2.45, 2.75) is 44.0 Å². The van der Waals surface area contributed by atoms with Gasteiger partial charge < -0.3 is 4.74 Å². The Balaban J connectivity index is 2.56. The molecule has 17 heavy (non-hydrogen) atoms. The number of alkyl halides is 4. The molecule has 0 saturated heterocycles. The first-order valence-electron chi connectivity index (χ1n) is 5.86. The molecular formula is C11H19BrF3NO. The summed E-state index contributed by atoms with van der Waals surface area (Å²) in [5.41, 5.74) is 0. The maximum Gasteiger partial charge on any atom is 0.401 e. The first-order chi connectivity index (χ1) is 7.96. The maximum atomic E-state index is 12.5. The van der Waals surface area contributed by atoms with E-state index in [4.69, 9.17) is 4.74 Å². The number of rotatable bonds is 5. The number of ether oxygens (including phenoxy) is 1. The summed E-state index contributed by atoms with van der Waals surface area (Å²) in [6.07, 6.45) is -0.564. The Hall–Kier alpha value is 0.190. The molecular weight excluding hydrogens is 299 g/mol. The van der Waals surface area contributed by atoms with Crippen molar-refractivity contribution in [2.75, 3.05) is 25.5 Å². The molecule has 0 radical (unpaired) electrons. The van der Waals surface area contributed by atoms with Gasteiger partial charge in [-0.2, -0.15) is 13.2 Å². The van der Waals surface area contributed by atoms with E-state index in [-0.39, 0.29) is 12.1 Å². The lowest BCUT2D eigenvalue weighted by Gasteiger charge is -2.37. The van der Waals surface area contributed by atoms with Gasteiger partial charge in [0.25, 0.3) is 0 Å². The largest absolute Gasteiger partial charge is 0.401 e. The van der Waals surface area contributed by atoms with Crippen molar-refractivity contribution < 1.29 is 17.9 Å². The first-order valence-corrected chi connectivity index (χ1v) is 6.98. The van der Waals surface area contributed by atoms with Gasteiger partial charge in [-0.1, -0.05) is 15.9 Å². The number of hydrogen-bond acceptors (Lipinski definition) is 2. The van der Waals surface area contributed by atoms with Crippen molar-refractivity contribution in [2.24, 2.45) is 0 Å². The second-order valence-electron chi connectivity index (χ2n) is 4.45. The third-order valence-electron chi connectivity index (χ3n) is 3.20. The van der Waals surface area contributed by atoms with Crippen LogP contribution in [0.25, 0.3) is 0 Å². The molecule has 2 nitrogen and oxygen atoms in total. The Labute approximate surface area is 109 Å². The Morgan fingerprint density at radius 3 is 2.59 bits per heavy atom. The van der Waals surface area contributed by atoms with E-state index in [1.54, 1.807) is 7.11 Å². The molecule has 0 spiro atoms. The van der Waals surface area contributed by atoms with Crippen LogP contribution in [0.5, 0.6) is 0 Å². The van der Waals surface area contributed by atoms with Crippen molar-refractivity contribution in [1.82, 2.24) is 4.90 Å². The molecule has 1 saturated carbocycles. The van der Waals surface area contributed by atoms with E-state index in [0.29, 0.717) is 18.3 Å². The SMILES string of the molecule is COC1CCCC(N(CCBr)CC(F)(F)F)C1. The summed E-state index contributed by atoms with van der Waals surface area (Å²) in [6.45, 7) is -0.389. The van der Waals surface area contributed by atoms with Crippen LogP contribution in [0.15, 0.2) is 0 Å². The third kappa shape index (κ3) is 5.57. The average molecular weight is 318 g/mol. The van der Waals surface area contributed by atoms with Gasteiger partial charge in [-0.15, -0.1) is 0 Å². The number of hydrogen-bond donors (Lipinski definition) is 0. The molecule has 0 aromatic carbocycles. The molecule has 0 aliphatic heterocycles. The highest BCUT2D eigenvalue weighted by atomic mass is 79.9. The molecule has 2 atom stereocenters. The minimum absolute atomic E-state index is 0.00660.